The Bertz CT molecular complexity index is 831. The summed E-state index contributed by atoms with van der Waals surface area (Å²) in [5.74, 6) is 0. The molecular weight excluding hydrogens is 385 g/mol. The second kappa shape index (κ2) is 8.16. The van der Waals surface area contributed by atoms with Crippen LogP contribution in [0.3, 0.4) is 0 Å². The normalized spacial score (nSPS) is 27.6. The first-order valence-corrected chi connectivity index (χ1v) is 10.1. The molecule has 1 N–H and O–H groups in total. The quantitative estimate of drug-likeness (QED) is 0.811. The average molecular weight is 414 g/mol. The van der Waals surface area contributed by atoms with Gasteiger partial charge in [-0.15, -0.1) is 12.4 Å². The Balaban J connectivity index is 0.00000210. The van der Waals surface area contributed by atoms with Gasteiger partial charge in [0.2, 0.25) is 0 Å². The molecule has 0 atom stereocenters. The predicted octanol–water partition coefficient (Wildman–Crippen LogP) is 4.39. The molecule has 0 radical (unpaired) electrons. The second-order valence-electron chi connectivity index (χ2n) is 8.11. The highest BCUT2D eigenvalue weighted by atomic mass is 35.5. The highest BCUT2D eigenvalue weighted by Crippen LogP contribution is 2.37. The van der Waals surface area contributed by atoms with Crippen LogP contribution in [0.2, 0.25) is 5.02 Å². The molecule has 5 nitrogen and oxygen atoms in total. The van der Waals surface area contributed by atoms with Crippen LogP contribution < -0.4 is 5.69 Å². The van der Waals surface area contributed by atoms with Crippen molar-refractivity contribution in [3.05, 3.63) is 33.7 Å². The summed E-state index contributed by atoms with van der Waals surface area (Å²) in [6.07, 6.45) is 7.14. The molecule has 0 spiro atoms. The van der Waals surface area contributed by atoms with Crippen LogP contribution in [-0.2, 0) is 4.74 Å². The van der Waals surface area contributed by atoms with E-state index >= 15 is 0 Å². The van der Waals surface area contributed by atoms with E-state index in [1.54, 1.807) is 0 Å². The number of hydrogen-bond donors (Lipinski definition) is 1. The van der Waals surface area contributed by atoms with Crippen LogP contribution in [-0.4, -0.2) is 46.3 Å². The molecule has 27 heavy (non-hydrogen) atoms. The fourth-order valence-electron chi connectivity index (χ4n) is 4.89. The number of imidazole rings is 1. The Morgan fingerprint density at radius 1 is 1.19 bits per heavy atom. The zero-order valence-corrected chi connectivity index (χ0v) is 17.6. The predicted molar refractivity (Wildman–Crippen MR) is 112 cm³/mol. The van der Waals surface area contributed by atoms with Gasteiger partial charge in [0.05, 0.1) is 17.1 Å². The molecule has 0 bridgehead atoms. The molecule has 1 saturated heterocycles. The van der Waals surface area contributed by atoms with E-state index in [0.717, 1.165) is 49.8 Å². The maximum Gasteiger partial charge on any atom is 0.326 e. The minimum atomic E-state index is -0.0208. The molecule has 7 heteroatoms. The number of hydrogen-bond acceptors (Lipinski definition) is 3. The van der Waals surface area contributed by atoms with E-state index in [9.17, 15) is 4.79 Å². The van der Waals surface area contributed by atoms with Gasteiger partial charge in [0.1, 0.15) is 0 Å². The van der Waals surface area contributed by atoms with Crippen LogP contribution in [0.1, 0.15) is 51.5 Å². The number of nitrogens with one attached hydrogen (secondary N) is 1. The number of piperidine rings is 1. The Morgan fingerprint density at radius 3 is 2.48 bits per heavy atom. The number of benzene rings is 1. The van der Waals surface area contributed by atoms with Gasteiger partial charge in [-0.25, -0.2) is 4.79 Å². The first kappa shape index (κ1) is 20.7. The lowest BCUT2D eigenvalue weighted by Crippen LogP contribution is -2.52. The summed E-state index contributed by atoms with van der Waals surface area (Å²) >= 11 is 6.06. The lowest BCUT2D eigenvalue weighted by molar-refractivity contribution is -0.0146. The topological polar surface area (TPSA) is 50.3 Å². The van der Waals surface area contributed by atoms with Crippen molar-refractivity contribution in [2.24, 2.45) is 0 Å². The fourth-order valence-corrected chi connectivity index (χ4v) is 5.07. The molecule has 150 valence electrons. The third-order valence-corrected chi connectivity index (χ3v) is 6.85. The molecule has 1 saturated carbocycles. The first-order chi connectivity index (χ1) is 12.5. The van der Waals surface area contributed by atoms with Gasteiger partial charge in [-0.05, 0) is 63.6 Å². The van der Waals surface area contributed by atoms with Crippen LogP contribution in [0.4, 0.5) is 0 Å². The number of rotatable bonds is 3. The maximum absolute atomic E-state index is 12.5. The molecule has 1 aromatic heterocycles. The molecule has 2 fully saturated rings. The van der Waals surface area contributed by atoms with Crippen LogP contribution in [0, 0.1) is 0 Å². The van der Waals surface area contributed by atoms with Crippen molar-refractivity contribution in [3.63, 3.8) is 0 Å². The van der Waals surface area contributed by atoms with Gasteiger partial charge in [-0.1, -0.05) is 11.6 Å². The lowest BCUT2D eigenvalue weighted by Gasteiger charge is -2.48. The molecule has 2 heterocycles. The minimum Gasteiger partial charge on any atom is -0.381 e. The summed E-state index contributed by atoms with van der Waals surface area (Å²) in [5.41, 5.74) is 2.05. The van der Waals surface area contributed by atoms with Gasteiger partial charge in [0.25, 0.3) is 0 Å². The summed E-state index contributed by atoms with van der Waals surface area (Å²) in [6.45, 7) is 4.50. The monoisotopic (exact) mass is 413 g/mol. The van der Waals surface area contributed by atoms with E-state index < -0.39 is 0 Å². The number of H-pyrrole nitrogens is 1. The molecule has 1 aromatic carbocycles. The SMILES string of the molecule is CO[C@H]1CC[C@](C)(N2CCC(n3c(=O)[nH]c4cc(Cl)ccc43)CC2)CC1.Cl. The van der Waals surface area contributed by atoms with Crippen molar-refractivity contribution in [1.29, 1.82) is 0 Å². The highest BCUT2D eigenvalue weighted by molar-refractivity contribution is 6.31. The van der Waals surface area contributed by atoms with E-state index in [1.165, 1.54) is 12.8 Å². The van der Waals surface area contributed by atoms with E-state index in [2.05, 4.69) is 16.8 Å². The number of likely N-dealkylation sites (tertiary alicyclic amines) is 1. The zero-order chi connectivity index (χ0) is 18.3. The number of fused-ring (bicyclic) bond motifs is 1. The van der Waals surface area contributed by atoms with Crippen molar-refractivity contribution >= 4 is 35.0 Å². The summed E-state index contributed by atoms with van der Waals surface area (Å²) in [6, 6.07) is 5.90. The number of ether oxygens (including phenoxy) is 1. The Kier molecular flexibility index (Phi) is 6.26. The molecule has 4 rings (SSSR count). The van der Waals surface area contributed by atoms with Crippen molar-refractivity contribution in [1.82, 2.24) is 14.5 Å². The van der Waals surface area contributed by atoms with Crippen molar-refractivity contribution < 1.29 is 4.74 Å². The summed E-state index contributed by atoms with van der Waals surface area (Å²) in [7, 11) is 1.82. The van der Waals surface area contributed by atoms with Gasteiger partial charge < -0.3 is 9.72 Å². The third kappa shape index (κ3) is 3.93. The number of nitrogens with zero attached hydrogens (tertiary/aromatic N) is 2. The van der Waals surface area contributed by atoms with Gasteiger partial charge in [-0.2, -0.15) is 0 Å². The van der Waals surface area contributed by atoms with Crippen molar-refractivity contribution in [2.45, 2.75) is 63.1 Å². The van der Waals surface area contributed by atoms with Crippen LogP contribution in [0.5, 0.6) is 0 Å². The van der Waals surface area contributed by atoms with E-state index in [1.807, 2.05) is 29.9 Å². The smallest absolute Gasteiger partial charge is 0.326 e. The average Bonchev–Trinajstić information content (AvgIpc) is 2.97. The third-order valence-electron chi connectivity index (χ3n) is 6.61. The molecule has 1 aliphatic carbocycles. The van der Waals surface area contributed by atoms with Gasteiger partial charge in [-0.3, -0.25) is 9.47 Å². The molecule has 2 aliphatic rings. The van der Waals surface area contributed by atoms with Crippen LogP contribution >= 0.6 is 24.0 Å². The molecule has 1 aliphatic heterocycles. The lowest BCUT2D eigenvalue weighted by atomic mass is 9.79. The molecule has 0 unspecified atom stereocenters. The van der Waals surface area contributed by atoms with Crippen molar-refractivity contribution in [2.75, 3.05) is 20.2 Å². The number of methoxy groups -OCH3 is 1. The van der Waals surface area contributed by atoms with E-state index in [-0.39, 0.29) is 29.7 Å². The van der Waals surface area contributed by atoms with E-state index in [0.29, 0.717) is 11.1 Å². The van der Waals surface area contributed by atoms with Crippen LogP contribution in [0.15, 0.2) is 23.0 Å². The number of aromatic amines is 1. The standard InChI is InChI=1S/C20H28ClN3O2.ClH/c1-20(9-5-16(26-2)6-10-20)23-11-7-15(8-12-23)24-18-4-3-14(21)13-17(18)22-19(24)25;/h3-4,13,15-16H,5-12H2,1-2H3,(H,22,25);1H/t16-,20-;. The summed E-state index contributed by atoms with van der Waals surface area (Å²) in [4.78, 5) is 18.1. The Hall–Kier alpha value is -1.01. The van der Waals surface area contributed by atoms with Gasteiger partial charge >= 0.3 is 5.69 Å². The molecule has 0 amide bonds. The highest BCUT2D eigenvalue weighted by Gasteiger charge is 2.38. The first-order valence-electron chi connectivity index (χ1n) is 9.68. The Morgan fingerprint density at radius 2 is 1.85 bits per heavy atom. The summed E-state index contributed by atoms with van der Waals surface area (Å²) < 4.78 is 7.47. The second-order valence-corrected chi connectivity index (χ2v) is 8.55. The summed E-state index contributed by atoms with van der Waals surface area (Å²) in [5, 5.41) is 0.653. The van der Waals surface area contributed by atoms with E-state index in [4.69, 9.17) is 16.3 Å². The van der Waals surface area contributed by atoms with Crippen molar-refractivity contribution in [3.8, 4) is 0 Å². The van der Waals surface area contributed by atoms with Gasteiger partial charge in [0.15, 0.2) is 0 Å². The zero-order valence-electron chi connectivity index (χ0n) is 16.0. The largest absolute Gasteiger partial charge is 0.381 e. The molecule has 2 aromatic rings. The number of aromatic nitrogens is 2. The molecular formula is C20H29Cl2N3O2. The minimum absolute atomic E-state index is 0. The van der Waals surface area contributed by atoms with Gasteiger partial charge in [0, 0.05) is 36.8 Å². The fraction of sp³-hybridized carbons (Fsp3) is 0.650. The maximum atomic E-state index is 12.5. The number of halogens is 2. The Labute approximate surface area is 171 Å². The van der Waals surface area contributed by atoms with Crippen LogP contribution in [0.25, 0.3) is 11.0 Å².